The number of aromatic nitrogens is 1. The molecule has 0 amide bonds. The van der Waals surface area contributed by atoms with Crippen molar-refractivity contribution in [3.05, 3.63) is 42.4 Å². The maximum atomic E-state index is 6.12. The predicted molar refractivity (Wildman–Crippen MR) is 87.2 cm³/mol. The molecule has 116 valence electrons. The van der Waals surface area contributed by atoms with Crippen LogP contribution >= 0.6 is 0 Å². The van der Waals surface area contributed by atoms with Crippen molar-refractivity contribution in [1.82, 2.24) is 9.88 Å². The zero-order valence-electron chi connectivity index (χ0n) is 12.9. The average molecular weight is 298 g/mol. The predicted octanol–water partition coefficient (Wildman–Crippen LogP) is 2.89. The van der Waals surface area contributed by atoms with Crippen LogP contribution in [0.25, 0.3) is 11.3 Å². The fourth-order valence-electron chi connectivity index (χ4n) is 2.70. The van der Waals surface area contributed by atoms with Crippen molar-refractivity contribution in [2.45, 2.75) is 26.3 Å². The van der Waals surface area contributed by atoms with Crippen LogP contribution in [0, 0.1) is 5.92 Å². The van der Waals surface area contributed by atoms with E-state index < -0.39 is 0 Å². The number of nitrogens with zero attached hydrogens (tertiary/aromatic N) is 3. The Hall–Kier alpha value is -2.30. The molecule has 5 nitrogen and oxygen atoms in total. The first-order chi connectivity index (χ1) is 10.7. The highest BCUT2D eigenvalue weighted by molar-refractivity contribution is 5.78. The summed E-state index contributed by atoms with van der Waals surface area (Å²) in [6, 6.07) is 9.95. The van der Waals surface area contributed by atoms with E-state index in [1.54, 1.807) is 0 Å². The fourth-order valence-corrected chi connectivity index (χ4v) is 2.70. The Morgan fingerprint density at radius 2 is 2.05 bits per heavy atom. The number of nitrogens with two attached hydrogens (primary N) is 1. The van der Waals surface area contributed by atoms with Crippen molar-refractivity contribution < 1.29 is 4.42 Å². The van der Waals surface area contributed by atoms with E-state index in [2.05, 4.69) is 21.8 Å². The highest BCUT2D eigenvalue weighted by Crippen LogP contribution is 2.23. The molecule has 0 saturated carbocycles. The molecule has 1 aromatic carbocycles. The molecule has 22 heavy (non-hydrogen) atoms. The van der Waals surface area contributed by atoms with E-state index in [1.807, 2.05) is 30.3 Å². The van der Waals surface area contributed by atoms with Gasteiger partial charge in [0.05, 0.1) is 6.54 Å². The van der Waals surface area contributed by atoms with Gasteiger partial charge in [-0.1, -0.05) is 37.3 Å². The van der Waals surface area contributed by atoms with Crippen LogP contribution in [0.1, 0.15) is 25.5 Å². The number of hydrogen-bond donors (Lipinski definition) is 1. The first kappa shape index (κ1) is 14.6. The summed E-state index contributed by atoms with van der Waals surface area (Å²) in [4.78, 5) is 10.9. The number of aliphatic imine (C=N–C) groups is 1. The van der Waals surface area contributed by atoms with Gasteiger partial charge in [-0.2, -0.15) is 0 Å². The van der Waals surface area contributed by atoms with E-state index >= 15 is 0 Å². The van der Waals surface area contributed by atoms with Gasteiger partial charge in [-0.05, 0) is 18.8 Å². The summed E-state index contributed by atoms with van der Waals surface area (Å²) in [5.74, 6) is 2.16. The van der Waals surface area contributed by atoms with Crippen LogP contribution in [0.5, 0.6) is 0 Å². The third kappa shape index (κ3) is 3.30. The van der Waals surface area contributed by atoms with Crippen LogP contribution in [0.2, 0.25) is 0 Å². The van der Waals surface area contributed by atoms with Crippen LogP contribution in [0.15, 0.2) is 46.1 Å². The second-order valence-corrected chi connectivity index (χ2v) is 5.84. The first-order valence-electron chi connectivity index (χ1n) is 7.76. The minimum Gasteiger partial charge on any atom is -0.443 e. The van der Waals surface area contributed by atoms with Crippen molar-refractivity contribution in [3.63, 3.8) is 0 Å². The number of guanidine groups is 1. The molecule has 1 aromatic heterocycles. The number of rotatable bonds is 3. The number of benzene rings is 1. The molecule has 0 aliphatic carbocycles. The summed E-state index contributed by atoms with van der Waals surface area (Å²) in [5, 5.41) is 0. The van der Waals surface area contributed by atoms with Crippen molar-refractivity contribution in [1.29, 1.82) is 0 Å². The molecule has 1 aliphatic heterocycles. The second kappa shape index (κ2) is 6.64. The second-order valence-electron chi connectivity index (χ2n) is 5.84. The standard InChI is InChI=1S/C17H22N4O/c1-13-7-9-21(10-8-13)17(18)19-11-15-16(22-12-20-15)14-5-3-2-4-6-14/h2-6,12-13H,7-11H2,1H3,(H2,18,19). The highest BCUT2D eigenvalue weighted by Gasteiger charge is 2.17. The molecule has 1 saturated heterocycles. The van der Waals surface area contributed by atoms with E-state index in [0.29, 0.717) is 12.5 Å². The third-order valence-corrected chi connectivity index (χ3v) is 4.18. The van der Waals surface area contributed by atoms with Gasteiger partial charge >= 0.3 is 0 Å². The molecule has 0 unspecified atom stereocenters. The lowest BCUT2D eigenvalue weighted by Gasteiger charge is -2.30. The molecule has 1 aliphatic rings. The maximum absolute atomic E-state index is 6.12. The van der Waals surface area contributed by atoms with Crippen LogP contribution in [-0.2, 0) is 6.54 Å². The Kier molecular flexibility index (Phi) is 4.42. The van der Waals surface area contributed by atoms with E-state index in [-0.39, 0.29) is 0 Å². The van der Waals surface area contributed by atoms with Gasteiger partial charge in [-0.25, -0.2) is 9.98 Å². The summed E-state index contributed by atoms with van der Waals surface area (Å²) in [6.07, 6.45) is 3.82. The summed E-state index contributed by atoms with van der Waals surface area (Å²) < 4.78 is 5.51. The van der Waals surface area contributed by atoms with Gasteiger partial charge in [0.2, 0.25) is 0 Å². The summed E-state index contributed by atoms with van der Waals surface area (Å²) >= 11 is 0. The first-order valence-corrected chi connectivity index (χ1v) is 7.76. The third-order valence-electron chi connectivity index (χ3n) is 4.18. The summed E-state index contributed by atoms with van der Waals surface area (Å²) in [6.45, 7) is 4.70. The normalized spacial score (nSPS) is 17.0. The zero-order valence-corrected chi connectivity index (χ0v) is 12.9. The lowest BCUT2D eigenvalue weighted by atomic mass is 10.00. The Labute approximate surface area is 130 Å². The molecule has 2 heterocycles. The fraction of sp³-hybridized carbons (Fsp3) is 0.412. The van der Waals surface area contributed by atoms with E-state index in [4.69, 9.17) is 10.2 Å². The van der Waals surface area contributed by atoms with Crippen molar-refractivity contribution in [2.24, 2.45) is 16.6 Å². The van der Waals surface area contributed by atoms with Crippen LogP contribution in [-0.4, -0.2) is 28.9 Å². The van der Waals surface area contributed by atoms with Gasteiger partial charge in [0.1, 0.15) is 5.69 Å². The maximum Gasteiger partial charge on any atom is 0.191 e. The van der Waals surface area contributed by atoms with Crippen molar-refractivity contribution in [2.75, 3.05) is 13.1 Å². The van der Waals surface area contributed by atoms with Gasteiger partial charge < -0.3 is 15.1 Å². The minimum atomic E-state index is 0.443. The van der Waals surface area contributed by atoms with Crippen LogP contribution < -0.4 is 5.73 Å². The zero-order chi connectivity index (χ0) is 15.4. The average Bonchev–Trinajstić information content (AvgIpc) is 3.02. The molecular weight excluding hydrogens is 276 g/mol. The largest absolute Gasteiger partial charge is 0.443 e. The molecule has 0 spiro atoms. The van der Waals surface area contributed by atoms with Gasteiger partial charge in [0.25, 0.3) is 0 Å². The molecular formula is C17H22N4O. The molecule has 2 aromatic rings. The SMILES string of the molecule is CC1CCN(C(N)=NCc2ncoc2-c2ccccc2)CC1. The van der Waals surface area contributed by atoms with Crippen molar-refractivity contribution in [3.8, 4) is 11.3 Å². The summed E-state index contributed by atoms with van der Waals surface area (Å²) in [5.41, 5.74) is 7.95. The molecule has 0 radical (unpaired) electrons. The smallest absolute Gasteiger partial charge is 0.191 e. The molecule has 0 bridgehead atoms. The minimum absolute atomic E-state index is 0.443. The number of hydrogen-bond acceptors (Lipinski definition) is 3. The van der Waals surface area contributed by atoms with Crippen molar-refractivity contribution >= 4 is 5.96 Å². The molecule has 0 atom stereocenters. The Morgan fingerprint density at radius 1 is 1.32 bits per heavy atom. The van der Waals surface area contributed by atoms with Gasteiger partial charge in [-0.3, -0.25) is 0 Å². The summed E-state index contributed by atoms with van der Waals surface area (Å²) in [7, 11) is 0. The van der Waals surface area contributed by atoms with E-state index in [1.165, 1.54) is 19.2 Å². The highest BCUT2D eigenvalue weighted by atomic mass is 16.3. The van der Waals surface area contributed by atoms with Crippen LogP contribution in [0.4, 0.5) is 0 Å². The molecule has 1 fully saturated rings. The molecule has 5 heteroatoms. The number of oxazole rings is 1. The van der Waals surface area contributed by atoms with Gasteiger partial charge in [-0.15, -0.1) is 0 Å². The lowest BCUT2D eigenvalue weighted by Crippen LogP contribution is -2.42. The van der Waals surface area contributed by atoms with Gasteiger partial charge in [0, 0.05) is 18.7 Å². The number of likely N-dealkylation sites (tertiary alicyclic amines) is 1. The molecule has 2 N–H and O–H groups in total. The quantitative estimate of drug-likeness (QED) is 0.699. The van der Waals surface area contributed by atoms with E-state index in [9.17, 15) is 0 Å². The number of piperidine rings is 1. The monoisotopic (exact) mass is 298 g/mol. The van der Waals surface area contributed by atoms with Gasteiger partial charge in [0.15, 0.2) is 18.1 Å². The molecule has 3 rings (SSSR count). The van der Waals surface area contributed by atoms with E-state index in [0.717, 1.165) is 36.0 Å². The Bertz CT molecular complexity index is 627. The Morgan fingerprint density at radius 3 is 2.77 bits per heavy atom. The van der Waals surface area contributed by atoms with Crippen LogP contribution in [0.3, 0.4) is 0 Å². The lowest BCUT2D eigenvalue weighted by molar-refractivity contribution is 0.277. The topological polar surface area (TPSA) is 67.7 Å². The Balaban J connectivity index is 1.69.